The molecular formula is C10H12N4S2. The van der Waals surface area contributed by atoms with Gasteiger partial charge in [-0.2, -0.15) is 0 Å². The summed E-state index contributed by atoms with van der Waals surface area (Å²) in [7, 11) is 0. The summed E-state index contributed by atoms with van der Waals surface area (Å²) in [5, 5.41) is 8.09. The number of hydrogen-bond donors (Lipinski definition) is 1. The molecule has 1 fully saturated rings. The lowest BCUT2D eigenvalue weighted by molar-refractivity contribution is 1.15. The molecule has 0 aromatic carbocycles. The SMILES string of the molecule is Cc1cccc(/C(N)=N/N=C2SCCS2)n1. The van der Waals surface area contributed by atoms with E-state index in [-0.39, 0.29) is 0 Å². The van der Waals surface area contributed by atoms with E-state index >= 15 is 0 Å². The van der Waals surface area contributed by atoms with Gasteiger partial charge in [-0.3, -0.25) is 0 Å². The largest absolute Gasteiger partial charge is 0.380 e. The molecule has 16 heavy (non-hydrogen) atoms. The van der Waals surface area contributed by atoms with Crippen molar-refractivity contribution in [1.82, 2.24) is 4.98 Å². The second-order valence-electron chi connectivity index (χ2n) is 3.21. The highest BCUT2D eigenvalue weighted by molar-refractivity contribution is 8.41. The summed E-state index contributed by atoms with van der Waals surface area (Å²) in [6, 6.07) is 5.67. The second-order valence-corrected chi connectivity index (χ2v) is 5.64. The third-order valence-corrected chi connectivity index (χ3v) is 4.36. The molecule has 1 aliphatic heterocycles. The van der Waals surface area contributed by atoms with E-state index in [2.05, 4.69) is 15.2 Å². The number of rotatable bonds is 2. The summed E-state index contributed by atoms with van der Waals surface area (Å²) in [5.74, 6) is 2.56. The number of nitrogens with two attached hydrogens (primary N) is 1. The highest BCUT2D eigenvalue weighted by Crippen LogP contribution is 2.25. The van der Waals surface area contributed by atoms with Crippen LogP contribution in [0.2, 0.25) is 0 Å². The van der Waals surface area contributed by atoms with Crippen molar-refractivity contribution >= 4 is 33.7 Å². The number of pyridine rings is 1. The van der Waals surface area contributed by atoms with Crippen molar-refractivity contribution in [3.05, 3.63) is 29.6 Å². The summed E-state index contributed by atoms with van der Waals surface area (Å²) in [4.78, 5) is 4.28. The van der Waals surface area contributed by atoms with Crippen LogP contribution in [0.15, 0.2) is 28.4 Å². The van der Waals surface area contributed by atoms with E-state index in [0.29, 0.717) is 11.5 Å². The van der Waals surface area contributed by atoms with Crippen molar-refractivity contribution in [2.75, 3.05) is 11.5 Å². The van der Waals surface area contributed by atoms with Crippen LogP contribution in [0.5, 0.6) is 0 Å². The average Bonchev–Trinajstić information content (AvgIpc) is 2.78. The molecule has 6 heteroatoms. The van der Waals surface area contributed by atoms with Gasteiger partial charge in [0.05, 0.1) is 0 Å². The lowest BCUT2D eigenvalue weighted by Crippen LogP contribution is -2.14. The normalized spacial score (nSPS) is 16.6. The van der Waals surface area contributed by atoms with Crippen LogP contribution in [0.25, 0.3) is 0 Å². The van der Waals surface area contributed by atoms with Gasteiger partial charge in [-0.15, -0.1) is 10.2 Å². The molecule has 0 aliphatic carbocycles. The molecule has 1 aliphatic rings. The number of aromatic nitrogens is 1. The molecule has 0 spiro atoms. The molecule has 0 unspecified atom stereocenters. The van der Waals surface area contributed by atoms with E-state index in [9.17, 15) is 0 Å². The van der Waals surface area contributed by atoms with Crippen molar-refractivity contribution < 1.29 is 0 Å². The molecule has 4 nitrogen and oxygen atoms in total. The Morgan fingerprint density at radius 3 is 2.81 bits per heavy atom. The van der Waals surface area contributed by atoms with Crippen LogP contribution in [0.3, 0.4) is 0 Å². The summed E-state index contributed by atoms with van der Waals surface area (Å²) >= 11 is 3.43. The summed E-state index contributed by atoms with van der Waals surface area (Å²) in [6.07, 6.45) is 0. The Balaban J connectivity index is 2.14. The van der Waals surface area contributed by atoms with E-state index < -0.39 is 0 Å². The zero-order valence-corrected chi connectivity index (χ0v) is 10.5. The van der Waals surface area contributed by atoms with Crippen LogP contribution in [0, 0.1) is 6.92 Å². The predicted octanol–water partition coefficient (Wildman–Crippen LogP) is 1.85. The van der Waals surface area contributed by atoms with Crippen LogP contribution in [0.1, 0.15) is 11.4 Å². The smallest absolute Gasteiger partial charge is 0.172 e. The van der Waals surface area contributed by atoms with E-state index in [0.717, 1.165) is 21.6 Å². The zero-order chi connectivity index (χ0) is 11.4. The Bertz CT molecular complexity index is 434. The third-order valence-electron chi connectivity index (χ3n) is 1.92. The average molecular weight is 252 g/mol. The molecule has 84 valence electrons. The molecular weight excluding hydrogens is 240 g/mol. The fourth-order valence-electron chi connectivity index (χ4n) is 1.19. The first-order valence-corrected chi connectivity index (χ1v) is 6.83. The highest BCUT2D eigenvalue weighted by Gasteiger charge is 2.09. The summed E-state index contributed by atoms with van der Waals surface area (Å²) in [6.45, 7) is 1.92. The van der Waals surface area contributed by atoms with E-state index in [1.165, 1.54) is 0 Å². The quantitative estimate of drug-likeness (QED) is 0.495. The topological polar surface area (TPSA) is 63.6 Å². The first-order chi connectivity index (χ1) is 7.75. The van der Waals surface area contributed by atoms with E-state index in [1.807, 2.05) is 25.1 Å². The van der Waals surface area contributed by atoms with Crippen molar-refractivity contribution in [3.63, 3.8) is 0 Å². The van der Waals surface area contributed by atoms with Crippen molar-refractivity contribution in [2.24, 2.45) is 15.9 Å². The van der Waals surface area contributed by atoms with Gasteiger partial charge >= 0.3 is 0 Å². The Hall–Kier alpha value is -1.01. The highest BCUT2D eigenvalue weighted by atomic mass is 32.2. The predicted molar refractivity (Wildman–Crippen MR) is 72.0 cm³/mol. The first-order valence-electron chi connectivity index (χ1n) is 4.86. The lowest BCUT2D eigenvalue weighted by atomic mass is 10.3. The van der Waals surface area contributed by atoms with Crippen LogP contribution in [-0.4, -0.2) is 26.7 Å². The van der Waals surface area contributed by atoms with Gasteiger partial charge in [-0.05, 0) is 19.1 Å². The van der Waals surface area contributed by atoms with Gasteiger partial charge in [0.1, 0.15) is 5.69 Å². The maximum Gasteiger partial charge on any atom is 0.172 e. The molecule has 2 N–H and O–H groups in total. The fourth-order valence-corrected chi connectivity index (χ4v) is 3.24. The molecule has 0 atom stereocenters. The van der Waals surface area contributed by atoms with Gasteiger partial charge in [-0.25, -0.2) is 4.98 Å². The van der Waals surface area contributed by atoms with E-state index in [4.69, 9.17) is 5.73 Å². The standard InChI is InChI=1S/C10H12N4S2/c1-7-3-2-4-8(12-7)9(11)13-14-10-15-5-6-16-10/h2-4H,5-6H2,1H3,(H2,11,13). The van der Waals surface area contributed by atoms with Crippen LogP contribution >= 0.6 is 23.5 Å². The minimum Gasteiger partial charge on any atom is -0.380 e. The van der Waals surface area contributed by atoms with Crippen LogP contribution in [-0.2, 0) is 0 Å². The monoisotopic (exact) mass is 252 g/mol. The molecule has 0 radical (unpaired) electrons. The number of amidine groups is 1. The van der Waals surface area contributed by atoms with Gasteiger partial charge in [0.15, 0.2) is 10.2 Å². The van der Waals surface area contributed by atoms with Crippen LogP contribution < -0.4 is 5.73 Å². The second kappa shape index (κ2) is 5.36. The van der Waals surface area contributed by atoms with Crippen molar-refractivity contribution in [3.8, 4) is 0 Å². The fraction of sp³-hybridized carbons (Fsp3) is 0.300. The molecule has 2 heterocycles. The Kier molecular flexibility index (Phi) is 3.84. The zero-order valence-electron chi connectivity index (χ0n) is 8.88. The van der Waals surface area contributed by atoms with Crippen LogP contribution in [0.4, 0.5) is 0 Å². The summed E-state index contributed by atoms with van der Waals surface area (Å²) < 4.78 is 0.982. The van der Waals surface area contributed by atoms with Crippen molar-refractivity contribution in [1.29, 1.82) is 0 Å². The number of hydrogen-bond acceptors (Lipinski definition) is 5. The Labute approximate surface area is 103 Å². The molecule has 1 saturated heterocycles. The molecule has 1 aromatic rings. The third kappa shape index (κ3) is 2.99. The molecule has 2 rings (SSSR count). The Morgan fingerprint density at radius 1 is 1.38 bits per heavy atom. The molecule has 0 amide bonds. The number of thioether (sulfide) groups is 2. The number of nitrogens with zero attached hydrogens (tertiary/aromatic N) is 3. The summed E-state index contributed by atoms with van der Waals surface area (Å²) in [5.41, 5.74) is 7.41. The van der Waals surface area contributed by atoms with Gasteiger partial charge < -0.3 is 5.73 Å². The van der Waals surface area contributed by atoms with Gasteiger partial charge in [-0.1, -0.05) is 29.6 Å². The molecule has 1 aromatic heterocycles. The molecule has 0 bridgehead atoms. The van der Waals surface area contributed by atoms with Gasteiger partial charge in [0.25, 0.3) is 0 Å². The Morgan fingerprint density at radius 2 is 2.12 bits per heavy atom. The van der Waals surface area contributed by atoms with E-state index in [1.54, 1.807) is 23.5 Å². The minimum absolute atomic E-state index is 0.365. The van der Waals surface area contributed by atoms with Crippen molar-refractivity contribution in [2.45, 2.75) is 6.92 Å². The number of aryl methyl sites for hydroxylation is 1. The maximum absolute atomic E-state index is 5.80. The first kappa shape index (κ1) is 11.5. The van der Waals surface area contributed by atoms with Gasteiger partial charge in [0, 0.05) is 17.2 Å². The minimum atomic E-state index is 0.365. The molecule has 0 saturated carbocycles. The lowest BCUT2D eigenvalue weighted by Gasteiger charge is -1.98. The van der Waals surface area contributed by atoms with Gasteiger partial charge in [0.2, 0.25) is 0 Å². The maximum atomic E-state index is 5.80.